The van der Waals surface area contributed by atoms with E-state index in [2.05, 4.69) is 23.2 Å². The molecule has 1 N–H and O–H groups in total. The molecule has 0 bridgehead atoms. The fraction of sp³-hybridized carbons (Fsp3) is 0.455. The second kappa shape index (κ2) is 10.8. The first-order valence-corrected chi connectivity index (χ1v) is 10.8. The van der Waals surface area contributed by atoms with Crippen molar-refractivity contribution in [2.45, 2.75) is 26.8 Å². The maximum absolute atomic E-state index is 6.53. The number of morpholine rings is 1. The Hall–Kier alpha value is -1.82. The van der Waals surface area contributed by atoms with Crippen molar-refractivity contribution in [2.24, 2.45) is 0 Å². The predicted molar refractivity (Wildman–Crippen MR) is 120 cm³/mol. The first-order chi connectivity index (χ1) is 14.1. The number of anilines is 2. The number of hydrogen-bond acceptors (Lipinski definition) is 5. The summed E-state index contributed by atoms with van der Waals surface area (Å²) in [6.07, 6.45) is 0.909. The van der Waals surface area contributed by atoms with E-state index in [4.69, 9.17) is 37.4 Å². The Bertz CT molecular complexity index is 811. The van der Waals surface area contributed by atoms with Crippen LogP contribution in [0.5, 0.6) is 11.5 Å². The van der Waals surface area contributed by atoms with E-state index in [9.17, 15) is 0 Å². The summed E-state index contributed by atoms with van der Waals surface area (Å²) in [6.45, 7) is 8.94. The highest BCUT2D eigenvalue weighted by atomic mass is 35.5. The summed E-state index contributed by atoms with van der Waals surface area (Å²) in [5.41, 5.74) is 3.00. The molecule has 0 aromatic heterocycles. The van der Waals surface area contributed by atoms with Gasteiger partial charge in [-0.1, -0.05) is 30.1 Å². The van der Waals surface area contributed by atoms with E-state index in [0.717, 1.165) is 54.7 Å². The average Bonchev–Trinajstić information content (AvgIpc) is 2.72. The van der Waals surface area contributed by atoms with E-state index in [-0.39, 0.29) is 0 Å². The van der Waals surface area contributed by atoms with Gasteiger partial charge >= 0.3 is 0 Å². The standard InChI is InChI=1S/C22H28Cl2N2O3/c1-3-9-29-22-19(24)12-16(13-21(22)28-4-2)15-25-17-5-6-20(18(23)14-17)26-7-10-27-11-8-26/h5-6,12-14,25H,3-4,7-11,15H2,1-2H3. The Morgan fingerprint density at radius 1 is 1.03 bits per heavy atom. The Balaban J connectivity index is 1.69. The van der Waals surface area contributed by atoms with Crippen molar-refractivity contribution in [3.05, 3.63) is 45.9 Å². The number of benzene rings is 2. The molecule has 0 aliphatic carbocycles. The van der Waals surface area contributed by atoms with Gasteiger partial charge in [0, 0.05) is 25.3 Å². The largest absolute Gasteiger partial charge is 0.490 e. The molecule has 7 heteroatoms. The Kier molecular flexibility index (Phi) is 8.16. The Morgan fingerprint density at radius 3 is 2.52 bits per heavy atom. The van der Waals surface area contributed by atoms with Crippen molar-refractivity contribution in [1.82, 2.24) is 0 Å². The minimum Gasteiger partial charge on any atom is -0.490 e. The summed E-state index contributed by atoms with van der Waals surface area (Å²) in [6, 6.07) is 9.93. The lowest BCUT2D eigenvalue weighted by molar-refractivity contribution is 0.122. The molecule has 2 aromatic rings. The van der Waals surface area contributed by atoms with E-state index < -0.39 is 0 Å². The van der Waals surface area contributed by atoms with Crippen molar-refractivity contribution in [3.63, 3.8) is 0 Å². The van der Waals surface area contributed by atoms with Crippen LogP contribution in [0.4, 0.5) is 11.4 Å². The summed E-state index contributed by atoms with van der Waals surface area (Å²) < 4.78 is 16.9. The van der Waals surface area contributed by atoms with Crippen molar-refractivity contribution < 1.29 is 14.2 Å². The molecule has 0 spiro atoms. The zero-order chi connectivity index (χ0) is 20.6. The van der Waals surface area contributed by atoms with Crippen LogP contribution >= 0.6 is 23.2 Å². The van der Waals surface area contributed by atoms with Gasteiger partial charge < -0.3 is 24.4 Å². The average molecular weight is 439 g/mol. The smallest absolute Gasteiger partial charge is 0.179 e. The topological polar surface area (TPSA) is 43.0 Å². The number of nitrogens with zero attached hydrogens (tertiary/aromatic N) is 1. The second-order valence-corrected chi connectivity index (χ2v) is 7.62. The Labute approximate surface area is 182 Å². The molecule has 0 saturated carbocycles. The monoisotopic (exact) mass is 438 g/mol. The third-order valence-corrected chi connectivity index (χ3v) is 5.20. The first-order valence-electron chi connectivity index (χ1n) is 10.1. The molecule has 1 aliphatic heterocycles. The Morgan fingerprint density at radius 2 is 1.83 bits per heavy atom. The number of halogens is 2. The molecule has 0 unspecified atom stereocenters. The van der Waals surface area contributed by atoms with Gasteiger partial charge in [-0.3, -0.25) is 0 Å². The van der Waals surface area contributed by atoms with Crippen molar-refractivity contribution in [2.75, 3.05) is 49.7 Å². The number of hydrogen-bond donors (Lipinski definition) is 1. The number of rotatable bonds is 9. The zero-order valence-corrected chi connectivity index (χ0v) is 18.5. The lowest BCUT2D eigenvalue weighted by Crippen LogP contribution is -2.36. The molecular weight excluding hydrogens is 411 g/mol. The third-order valence-electron chi connectivity index (χ3n) is 4.62. The quantitative estimate of drug-likeness (QED) is 0.549. The fourth-order valence-corrected chi connectivity index (χ4v) is 3.80. The maximum Gasteiger partial charge on any atom is 0.179 e. The van der Waals surface area contributed by atoms with Crippen LogP contribution in [0, 0.1) is 0 Å². The van der Waals surface area contributed by atoms with E-state index >= 15 is 0 Å². The molecule has 1 saturated heterocycles. The zero-order valence-electron chi connectivity index (χ0n) is 17.0. The minimum absolute atomic E-state index is 0.550. The molecule has 158 valence electrons. The molecular formula is C22H28Cl2N2O3. The molecule has 0 radical (unpaired) electrons. The van der Waals surface area contributed by atoms with Gasteiger partial charge in [-0.25, -0.2) is 0 Å². The SMILES string of the molecule is CCCOc1c(Cl)cc(CNc2ccc(N3CCOCC3)c(Cl)c2)cc1OCC. The van der Waals surface area contributed by atoms with Gasteiger partial charge in [0.15, 0.2) is 11.5 Å². The van der Waals surface area contributed by atoms with Gasteiger partial charge in [-0.05, 0) is 49.2 Å². The van der Waals surface area contributed by atoms with E-state index in [1.165, 1.54) is 0 Å². The third kappa shape index (κ3) is 5.84. The van der Waals surface area contributed by atoms with Crippen molar-refractivity contribution >= 4 is 34.6 Å². The lowest BCUT2D eigenvalue weighted by Gasteiger charge is -2.29. The van der Waals surface area contributed by atoms with Crippen LogP contribution in [0.3, 0.4) is 0 Å². The highest BCUT2D eigenvalue weighted by Crippen LogP contribution is 2.37. The molecule has 1 heterocycles. The summed E-state index contributed by atoms with van der Waals surface area (Å²) in [7, 11) is 0. The van der Waals surface area contributed by atoms with Crippen LogP contribution in [0.1, 0.15) is 25.8 Å². The van der Waals surface area contributed by atoms with Gasteiger partial charge in [-0.15, -0.1) is 0 Å². The van der Waals surface area contributed by atoms with Crippen molar-refractivity contribution in [3.8, 4) is 11.5 Å². The molecule has 1 fully saturated rings. The van der Waals surface area contributed by atoms with Gasteiger partial charge in [0.25, 0.3) is 0 Å². The maximum atomic E-state index is 6.53. The predicted octanol–water partition coefficient (Wildman–Crippen LogP) is 5.63. The minimum atomic E-state index is 0.550. The summed E-state index contributed by atoms with van der Waals surface area (Å²) >= 11 is 13.0. The molecule has 0 atom stereocenters. The molecule has 1 aliphatic rings. The van der Waals surface area contributed by atoms with Crippen LogP contribution in [-0.2, 0) is 11.3 Å². The molecule has 0 amide bonds. The van der Waals surface area contributed by atoms with Crippen LogP contribution in [-0.4, -0.2) is 39.5 Å². The van der Waals surface area contributed by atoms with E-state index in [1.807, 2.05) is 31.2 Å². The lowest BCUT2D eigenvalue weighted by atomic mass is 10.2. The second-order valence-electron chi connectivity index (χ2n) is 6.81. The van der Waals surface area contributed by atoms with Gasteiger partial charge in [0.2, 0.25) is 0 Å². The van der Waals surface area contributed by atoms with Crippen LogP contribution in [0.2, 0.25) is 10.0 Å². The fourth-order valence-electron chi connectivity index (χ4n) is 3.21. The van der Waals surface area contributed by atoms with Crippen molar-refractivity contribution in [1.29, 1.82) is 0 Å². The molecule has 5 nitrogen and oxygen atoms in total. The highest BCUT2D eigenvalue weighted by Gasteiger charge is 2.15. The molecule has 3 rings (SSSR count). The summed E-state index contributed by atoms with van der Waals surface area (Å²) in [4.78, 5) is 2.25. The number of ether oxygens (including phenoxy) is 3. The summed E-state index contributed by atoms with van der Waals surface area (Å²) in [5, 5.41) is 4.70. The normalized spacial score (nSPS) is 14.0. The molecule has 2 aromatic carbocycles. The van der Waals surface area contributed by atoms with Gasteiger partial charge in [0.05, 0.1) is 42.2 Å². The van der Waals surface area contributed by atoms with E-state index in [0.29, 0.717) is 36.3 Å². The van der Waals surface area contributed by atoms with Gasteiger partial charge in [0.1, 0.15) is 0 Å². The van der Waals surface area contributed by atoms with Gasteiger partial charge in [-0.2, -0.15) is 0 Å². The van der Waals surface area contributed by atoms with Crippen LogP contribution in [0.25, 0.3) is 0 Å². The van der Waals surface area contributed by atoms with E-state index in [1.54, 1.807) is 0 Å². The van der Waals surface area contributed by atoms with Crippen LogP contribution < -0.4 is 19.7 Å². The summed E-state index contributed by atoms with van der Waals surface area (Å²) in [5.74, 6) is 1.28. The number of nitrogens with one attached hydrogen (secondary N) is 1. The first kappa shape index (κ1) is 21.9. The highest BCUT2D eigenvalue weighted by molar-refractivity contribution is 6.33. The molecule has 29 heavy (non-hydrogen) atoms. The van der Waals surface area contributed by atoms with Crippen LogP contribution in [0.15, 0.2) is 30.3 Å².